The minimum absolute atomic E-state index is 0.615. The fourth-order valence-electron chi connectivity index (χ4n) is 3.67. The zero-order valence-corrected chi connectivity index (χ0v) is 14.9. The number of rotatable bonds is 3. The Morgan fingerprint density at radius 2 is 2.05 bits per heavy atom. The van der Waals surface area contributed by atoms with E-state index in [1.165, 1.54) is 23.8 Å². The maximum absolute atomic E-state index is 4.52. The lowest BCUT2D eigenvalue weighted by Crippen LogP contribution is -2.40. The van der Waals surface area contributed by atoms with Crippen LogP contribution in [0, 0.1) is 0 Å². The Bertz CT molecular complexity index is 668. The van der Waals surface area contributed by atoms with Crippen LogP contribution in [0.2, 0.25) is 19.1 Å². The quantitative estimate of drug-likeness (QED) is 0.782. The predicted octanol–water partition coefficient (Wildman–Crippen LogP) is 4.03. The monoisotopic (exact) mass is 298 g/mol. The van der Waals surface area contributed by atoms with Crippen molar-refractivity contribution in [3.8, 4) is 5.69 Å². The summed E-state index contributed by atoms with van der Waals surface area (Å²) in [4.78, 5) is 4.52. The molecule has 0 N–H and O–H groups in total. The van der Waals surface area contributed by atoms with Gasteiger partial charge < -0.3 is 4.57 Å². The van der Waals surface area contributed by atoms with Gasteiger partial charge in [-0.25, -0.2) is 4.98 Å². The molecule has 0 unspecified atom stereocenters. The molecule has 3 rings (SSSR count). The molecule has 0 saturated heterocycles. The van der Waals surface area contributed by atoms with Crippen molar-refractivity contribution in [3.63, 3.8) is 0 Å². The minimum Gasteiger partial charge on any atom is -0.306 e. The van der Waals surface area contributed by atoms with Gasteiger partial charge >= 0.3 is 0 Å². The highest BCUT2D eigenvalue weighted by Gasteiger charge is 2.36. The number of imidazole rings is 1. The maximum atomic E-state index is 4.52. The number of nitrogens with zero attached hydrogens (tertiary/aromatic N) is 2. The van der Waals surface area contributed by atoms with Crippen LogP contribution in [0.25, 0.3) is 5.69 Å². The van der Waals surface area contributed by atoms with Gasteiger partial charge in [-0.3, -0.25) is 0 Å². The van der Waals surface area contributed by atoms with Gasteiger partial charge in [0.05, 0.1) is 20.1 Å². The van der Waals surface area contributed by atoms with Gasteiger partial charge in [-0.2, -0.15) is 0 Å². The highest BCUT2D eigenvalue weighted by atomic mass is 28.3. The highest BCUT2D eigenvalue weighted by Crippen LogP contribution is 2.32. The number of benzene rings is 1. The van der Waals surface area contributed by atoms with E-state index in [4.69, 9.17) is 0 Å². The molecule has 1 aliphatic rings. The zero-order valence-electron chi connectivity index (χ0n) is 13.9. The molecule has 0 saturated carbocycles. The average molecular weight is 299 g/mol. The maximum Gasteiger partial charge on any atom is 0.0995 e. The normalized spacial score (nSPS) is 16.5. The Balaban J connectivity index is 2.21. The third-order valence-electron chi connectivity index (χ3n) is 4.90. The first kappa shape index (κ1) is 14.6. The lowest BCUT2D eigenvalue weighted by molar-refractivity contribution is 0.848. The van der Waals surface area contributed by atoms with Gasteiger partial charge in [-0.05, 0) is 47.2 Å². The molecule has 3 heteroatoms. The second kappa shape index (κ2) is 5.13. The van der Waals surface area contributed by atoms with E-state index < -0.39 is 8.07 Å². The van der Waals surface area contributed by atoms with E-state index in [0.717, 1.165) is 6.42 Å². The van der Waals surface area contributed by atoms with E-state index >= 15 is 0 Å². The van der Waals surface area contributed by atoms with Crippen molar-refractivity contribution < 1.29 is 0 Å². The Hall–Kier alpha value is -1.35. The predicted molar refractivity (Wildman–Crippen MR) is 92.7 cm³/mol. The van der Waals surface area contributed by atoms with Crippen LogP contribution in [0.4, 0.5) is 0 Å². The van der Waals surface area contributed by atoms with Crippen molar-refractivity contribution in [2.75, 3.05) is 0 Å². The molecule has 0 aliphatic carbocycles. The molecule has 0 spiro atoms. The van der Waals surface area contributed by atoms with E-state index in [0.29, 0.717) is 5.92 Å². The van der Waals surface area contributed by atoms with Crippen molar-refractivity contribution in [2.45, 2.75) is 58.7 Å². The number of aromatic nitrogens is 2. The molecule has 2 nitrogen and oxygen atoms in total. The molecule has 1 aliphatic heterocycles. The average Bonchev–Trinajstić information content (AvgIpc) is 3.03. The van der Waals surface area contributed by atoms with E-state index in [2.05, 4.69) is 61.7 Å². The Morgan fingerprint density at radius 3 is 2.67 bits per heavy atom. The summed E-state index contributed by atoms with van der Waals surface area (Å²) in [7, 11) is -1.31. The molecule has 0 amide bonds. The fraction of sp³-hybridized carbons (Fsp3) is 0.500. The molecule has 0 radical (unpaired) electrons. The zero-order chi connectivity index (χ0) is 15.2. The molecule has 112 valence electrons. The molecule has 0 bridgehead atoms. The third-order valence-corrected chi connectivity index (χ3v) is 8.31. The SMILES string of the molecule is CCc1cn(-c2ccc(C(C)C)c3c2[Si](C)(C)CC3)cn1. The molecule has 21 heavy (non-hydrogen) atoms. The van der Waals surface area contributed by atoms with Crippen molar-refractivity contribution in [1.29, 1.82) is 0 Å². The van der Waals surface area contributed by atoms with Crippen LogP contribution in [-0.4, -0.2) is 17.6 Å². The van der Waals surface area contributed by atoms with Crippen LogP contribution in [0.5, 0.6) is 0 Å². The molecular formula is C18H26N2Si. The Morgan fingerprint density at radius 1 is 1.29 bits per heavy atom. The molecule has 0 fully saturated rings. The largest absolute Gasteiger partial charge is 0.306 e. The summed E-state index contributed by atoms with van der Waals surface area (Å²) in [5, 5.41) is 1.67. The number of hydrogen-bond donors (Lipinski definition) is 0. The summed E-state index contributed by atoms with van der Waals surface area (Å²) in [5.74, 6) is 0.615. The summed E-state index contributed by atoms with van der Waals surface area (Å²) in [6, 6.07) is 6.06. The van der Waals surface area contributed by atoms with E-state index in [1.807, 2.05) is 6.33 Å². The molecule has 2 heterocycles. The molecule has 2 aromatic rings. The van der Waals surface area contributed by atoms with Gasteiger partial charge in [0.15, 0.2) is 0 Å². The smallest absolute Gasteiger partial charge is 0.0995 e. The number of fused-ring (bicyclic) bond motifs is 1. The van der Waals surface area contributed by atoms with Gasteiger partial charge in [0.2, 0.25) is 0 Å². The Labute approximate surface area is 129 Å². The molecule has 0 atom stereocenters. The summed E-state index contributed by atoms with van der Waals surface area (Å²) in [6.45, 7) is 11.8. The Kier molecular flexibility index (Phi) is 3.56. The van der Waals surface area contributed by atoms with Gasteiger partial charge in [0.1, 0.15) is 0 Å². The minimum atomic E-state index is -1.31. The summed E-state index contributed by atoms with van der Waals surface area (Å²) in [5.41, 5.74) is 5.76. The summed E-state index contributed by atoms with van der Waals surface area (Å²) in [6.07, 6.45) is 6.46. The lowest BCUT2D eigenvalue weighted by Gasteiger charge is -2.23. The van der Waals surface area contributed by atoms with Gasteiger partial charge in [-0.15, -0.1) is 0 Å². The van der Waals surface area contributed by atoms with E-state index in [9.17, 15) is 0 Å². The van der Waals surface area contributed by atoms with Crippen LogP contribution >= 0.6 is 0 Å². The third kappa shape index (κ3) is 2.37. The van der Waals surface area contributed by atoms with Crippen LogP contribution in [0.1, 0.15) is 43.5 Å². The van der Waals surface area contributed by atoms with Crippen LogP contribution in [0.3, 0.4) is 0 Å². The van der Waals surface area contributed by atoms with Gasteiger partial charge in [-0.1, -0.05) is 39.9 Å². The molecule has 1 aromatic heterocycles. The second-order valence-corrected chi connectivity index (χ2v) is 12.0. The first-order valence-electron chi connectivity index (χ1n) is 8.13. The van der Waals surface area contributed by atoms with Gasteiger partial charge in [0.25, 0.3) is 0 Å². The first-order valence-corrected chi connectivity index (χ1v) is 11.3. The highest BCUT2D eigenvalue weighted by molar-refractivity contribution is 6.91. The standard InChI is InChI=1S/C18H26N2Si/c1-6-14-11-20(12-19-14)17-8-7-15(13(2)3)16-9-10-21(4,5)18(16)17/h7-8,11-13H,6,9-10H2,1-5H3. The molecule has 1 aromatic carbocycles. The molecular weight excluding hydrogens is 272 g/mol. The van der Waals surface area contributed by atoms with E-state index in [-0.39, 0.29) is 0 Å². The van der Waals surface area contributed by atoms with Crippen molar-refractivity contribution in [2.24, 2.45) is 0 Å². The van der Waals surface area contributed by atoms with Crippen molar-refractivity contribution >= 4 is 13.3 Å². The lowest BCUT2D eigenvalue weighted by atomic mass is 9.95. The van der Waals surface area contributed by atoms with Gasteiger partial charge in [0, 0.05) is 11.9 Å². The summed E-state index contributed by atoms with van der Waals surface area (Å²) >= 11 is 0. The summed E-state index contributed by atoms with van der Waals surface area (Å²) < 4.78 is 2.25. The number of aryl methyl sites for hydroxylation is 1. The second-order valence-electron chi connectivity index (χ2n) is 7.19. The van der Waals surface area contributed by atoms with Crippen LogP contribution in [-0.2, 0) is 12.8 Å². The van der Waals surface area contributed by atoms with E-state index in [1.54, 1.807) is 16.3 Å². The van der Waals surface area contributed by atoms with Crippen LogP contribution < -0.4 is 5.19 Å². The topological polar surface area (TPSA) is 17.8 Å². The van der Waals surface area contributed by atoms with Crippen LogP contribution in [0.15, 0.2) is 24.7 Å². The van der Waals surface area contributed by atoms with Crippen molar-refractivity contribution in [1.82, 2.24) is 9.55 Å². The number of hydrogen-bond acceptors (Lipinski definition) is 1. The van der Waals surface area contributed by atoms with Crippen molar-refractivity contribution in [3.05, 3.63) is 41.5 Å². The first-order chi connectivity index (χ1) is 9.94. The fourth-order valence-corrected chi connectivity index (χ4v) is 6.79.